The van der Waals surface area contributed by atoms with Crippen molar-refractivity contribution in [3.63, 3.8) is 0 Å². The Kier molecular flexibility index (Phi) is 4.66. The SMILES string of the molecule is CCOC(=O)c1csc(-n2cc(CC(C)C)c3ccc(F)cc32)n1. The molecule has 0 aliphatic heterocycles. The first-order valence-electron chi connectivity index (χ1n) is 7.92. The van der Waals surface area contributed by atoms with Gasteiger partial charge in [0.2, 0.25) is 0 Å². The summed E-state index contributed by atoms with van der Waals surface area (Å²) in [6.07, 6.45) is 2.88. The van der Waals surface area contributed by atoms with Gasteiger partial charge in [-0.3, -0.25) is 4.57 Å². The fourth-order valence-corrected chi connectivity index (χ4v) is 3.49. The minimum absolute atomic E-state index is 0.278. The molecule has 1 aromatic carbocycles. The van der Waals surface area contributed by atoms with Crippen molar-refractivity contribution in [1.82, 2.24) is 9.55 Å². The van der Waals surface area contributed by atoms with Gasteiger partial charge in [0.1, 0.15) is 5.82 Å². The summed E-state index contributed by atoms with van der Waals surface area (Å²) in [6, 6.07) is 4.78. The predicted octanol–water partition coefficient (Wildman–Crippen LogP) is 4.60. The lowest BCUT2D eigenvalue weighted by atomic mass is 10.0. The number of rotatable bonds is 5. The Balaban J connectivity index is 2.08. The molecule has 0 saturated carbocycles. The van der Waals surface area contributed by atoms with Crippen molar-refractivity contribution in [3.8, 4) is 5.13 Å². The third-order valence-corrected chi connectivity index (χ3v) is 4.50. The molecule has 0 spiro atoms. The van der Waals surface area contributed by atoms with E-state index in [9.17, 15) is 9.18 Å². The van der Waals surface area contributed by atoms with Gasteiger partial charge in [0.25, 0.3) is 0 Å². The van der Waals surface area contributed by atoms with Crippen molar-refractivity contribution in [2.24, 2.45) is 5.92 Å². The van der Waals surface area contributed by atoms with Crippen LogP contribution in [0.3, 0.4) is 0 Å². The lowest BCUT2D eigenvalue weighted by Crippen LogP contribution is -2.05. The second-order valence-corrected chi connectivity index (χ2v) is 6.86. The van der Waals surface area contributed by atoms with Crippen LogP contribution in [0.15, 0.2) is 29.8 Å². The molecule has 0 bridgehead atoms. The van der Waals surface area contributed by atoms with E-state index in [1.807, 2.05) is 10.8 Å². The van der Waals surface area contributed by atoms with Crippen molar-refractivity contribution in [1.29, 1.82) is 0 Å². The third-order valence-electron chi connectivity index (χ3n) is 3.66. The van der Waals surface area contributed by atoms with Gasteiger partial charge in [-0.15, -0.1) is 11.3 Å². The monoisotopic (exact) mass is 346 g/mol. The largest absolute Gasteiger partial charge is 0.461 e. The van der Waals surface area contributed by atoms with Gasteiger partial charge in [0.05, 0.1) is 12.1 Å². The van der Waals surface area contributed by atoms with E-state index in [1.165, 1.54) is 23.5 Å². The average molecular weight is 346 g/mol. The van der Waals surface area contributed by atoms with Crippen molar-refractivity contribution < 1.29 is 13.9 Å². The van der Waals surface area contributed by atoms with Crippen LogP contribution < -0.4 is 0 Å². The zero-order valence-electron chi connectivity index (χ0n) is 13.9. The highest BCUT2D eigenvalue weighted by molar-refractivity contribution is 7.12. The first-order chi connectivity index (χ1) is 11.5. The summed E-state index contributed by atoms with van der Waals surface area (Å²) in [5, 5.41) is 3.31. The molecular formula is C18H19FN2O2S. The highest BCUT2D eigenvalue weighted by atomic mass is 32.1. The number of carbonyl (C=O) groups is 1. The fourth-order valence-electron chi connectivity index (χ4n) is 2.71. The van der Waals surface area contributed by atoms with E-state index >= 15 is 0 Å². The summed E-state index contributed by atoms with van der Waals surface area (Å²) < 4.78 is 20.6. The zero-order chi connectivity index (χ0) is 17.3. The molecule has 2 aromatic heterocycles. The van der Waals surface area contributed by atoms with Crippen molar-refractivity contribution in [3.05, 3.63) is 46.9 Å². The van der Waals surface area contributed by atoms with Gasteiger partial charge in [-0.05, 0) is 43.0 Å². The molecule has 0 saturated heterocycles. The number of halogens is 1. The maximum atomic E-state index is 13.7. The topological polar surface area (TPSA) is 44.1 Å². The van der Waals surface area contributed by atoms with Gasteiger partial charge in [-0.25, -0.2) is 14.2 Å². The van der Waals surface area contributed by atoms with E-state index in [2.05, 4.69) is 18.8 Å². The molecule has 3 aromatic rings. The van der Waals surface area contributed by atoms with E-state index in [4.69, 9.17) is 4.74 Å². The van der Waals surface area contributed by atoms with E-state index in [1.54, 1.807) is 18.4 Å². The van der Waals surface area contributed by atoms with Crippen LogP contribution in [0.4, 0.5) is 4.39 Å². The molecule has 0 radical (unpaired) electrons. The maximum Gasteiger partial charge on any atom is 0.357 e. The summed E-state index contributed by atoms with van der Waals surface area (Å²) in [4.78, 5) is 16.2. The first-order valence-corrected chi connectivity index (χ1v) is 8.80. The second-order valence-electron chi connectivity index (χ2n) is 6.02. The van der Waals surface area contributed by atoms with Crippen LogP contribution in [0, 0.1) is 11.7 Å². The Labute approximate surface area is 143 Å². The van der Waals surface area contributed by atoms with E-state index in [0.717, 1.165) is 22.9 Å². The number of fused-ring (bicyclic) bond motifs is 1. The Morgan fingerprint density at radius 3 is 2.92 bits per heavy atom. The van der Waals surface area contributed by atoms with Gasteiger partial charge >= 0.3 is 5.97 Å². The molecule has 0 atom stereocenters. The highest BCUT2D eigenvalue weighted by Crippen LogP contribution is 2.29. The number of esters is 1. The Morgan fingerprint density at radius 2 is 2.21 bits per heavy atom. The van der Waals surface area contributed by atoms with Crippen molar-refractivity contribution >= 4 is 28.2 Å². The van der Waals surface area contributed by atoms with Gasteiger partial charge in [-0.2, -0.15) is 0 Å². The summed E-state index contributed by atoms with van der Waals surface area (Å²) in [6.45, 7) is 6.36. The van der Waals surface area contributed by atoms with E-state index in [0.29, 0.717) is 17.7 Å². The minimum Gasteiger partial charge on any atom is -0.461 e. The Morgan fingerprint density at radius 1 is 1.42 bits per heavy atom. The summed E-state index contributed by atoms with van der Waals surface area (Å²) in [5.74, 6) is -0.245. The molecule has 0 fully saturated rings. The molecule has 0 amide bonds. The first kappa shape index (κ1) is 16.6. The number of hydrogen-bond donors (Lipinski definition) is 0. The molecule has 4 nitrogen and oxygen atoms in total. The number of carbonyl (C=O) groups excluding carboxylic acids is 1. The molecule has 2 heterocycles. The van der Waals surface area contributed by atoms with Crippen LogP contribution in [0.25, 0.3) is 16.0 Å². The molecule has 3 rings (SSSR count). The van der Waals surface area contributed by atoms with Crippen LogP contribution in [0.1, 0.15) is 36.8 Å². The molecule has 0 aliphatic carbocycles. The average Bonchev–Trinajstić information content (AvgIpc) is 3.12. The van der Waals surface area contributed by atoms with Crippen molar-refractivity contribution in [2.75, 3.05) is 6.61 Å². The van der Waals surface area contributed by atoms with Gasteiger partial charge in [-0.1, -0.05) is 13.8 Å². The molecule has 24 heavy (non-hydrogen) atoms. The molecular weight excluding hydrogens is 327 g/mol. The lowest BCUT2D eigenvalue weighted by molar-refractivity contribution is 0.0520. The van der Waals surface area contributed by atoms with Gasteiger partial charge < -0.3 is 4.74 Å². The number of thiazole rings is 1. The molecule has 0 N–H and O–H groups in total. The van der Waals surface area contributed by atoms with Gasteiger partial charge in [0, 0.05) is 17.0 Å². The molecule has 126 valence electrons. The van der Waals surface area contributed by atoms with Crippen LogP contribution in [0.5, 0.6) is 0 Å². The van der Waals surface area contributed by atoms with E-state index < -0.39 is 5.97 Å². The minimum atomic E-state index is -0.440. The summed E-state index contributed by atoms with van der Waals surface area (Å²) in [5.41, 5.74) is 2.18. The van der Waals surface area contributed by atoms with Crippen molar-refractivity contribution in [2.45, 2.75) is 27.2 Å². The Hall–Kier alpha value is -2.21. The number of hydrogen-bond acceptors (Lipinski definition) is 4. The van der Waals surface area contributed by atoms with Crippen LogP contribution in [0.2, 0.25) is 0 Å². The van der Waals surface area contributed by atoms with Crippen LogP contribution in [-0.2, 0) is 11.2 Å². The molecule has 0 aliphatic rings. The highest BCUT2D eigenvalue weighted by Gasteiger charge is 2.16. The Bertz CT molecular complexity index is 882. The van der Waals surface area contributed by atoms with Crippen LogP contribution in [-0.4, -0.2) is 22.1 Å². The standard InChI is InChI=1S/C18H19FN2O2S/c1-4-23-17(22)15-10-24-18(20-15)21-9-12(7-11(2)3)14-6-5-13(19)8-16(14)21/h5-6,8-11H,4,7H2,1-3H3. The number of nitrogens with zero attached hydrogens (tertiary/aromatic N) is 2. The number of ether oxygens (including phenoxy) is 1. The summed E-state index contributed by atoms with van der Waals surface area (Å²) >= 11 is 1.34. The lowest BCUT2D eigenvalue weighted by Gasteiger charge is -2.02. The smallest absolute Gasteiger partial charge is 0.357 e. The molecule has 0 unspecified atom stereocenters. The third kappa shape index (κ3) is 3.19. The molecule has 6 heteroatoms. The number of benzene rings is 1. The second kappa shape index (κ2) is 6.73. The van der Waals surface area contributed by atoms with E-state index in [-0.39, 0.29) is 11.5 Å². The summed E-state index contributed by atoms with van der Waals surface area (Å²) in [7, 11) is 0. The van der Waals surface area contributed by atoms with Crippen LogP contribution >= 0.6 is 11.3 Å². The predicted molar refractivity (Wildman–Crippen MR) is 93.4 cm³/mol. The normalized spacial score (nSPS) is 11.4. The number of aromatic nitrogens is 2. The maximum absolute atomic E-state index is 13.7. The van der Waals surface area contributed by atoms with Gasteiger partial charge in [0.15, 0.2) is 10.8 Å². The quantitative estimate of drug-likeness (QED) is 0.634. The fraction of sp³-hybridized carbons (Fsp3) is 0.333. The zero-order valence-corrected chi connectivity index (χ0v) is 14.7.